The predicted molar refractivity (Wildman–Crippen MR) is 111 cm³/mol. The summed E-state index contributed by atoms with van der Waals surface area (Å²) in [4.78, 5) is 6.91. The average Bonchev–Trinajstić information content (AvgIpc) is 2.51. The molecule has 1 aliphatic rings. The van der Waals surface area contributed by atoms with Crippen LogP contribution >= 0.6 is 24.0 Å². The smallest absolute Gasteiger partial charge is 0.188 e. The minimum atomic E-state index is 0. The minimum absolute atomic E-state index is 0. The Bertz CT molecular complexity index is 513. The molecule has 0 spiro atoms. The van der Waals surface area contributed by atoms with Crippen LogP contribution in [0.4, 0.5) is 0 Å². The summed E-state index contributed by atoms with van der Waals surface area (Å²) in [6, 6.07) is 8.48. The molecule has 0 amide bonds. The van der Waals surface area contributed by atoms with Gasteiger partial charge in [0.25, 0.3) is 0 Å². The summed E-state index contributed by atoms with van der Waals surface area (Å²) in [5.41, 5.74) is 8.45. The maximum atomic E-state index is 5.89. The van der Waals surface area contributed by atoms with Gasteiger partial charge in [-0.25, -0.2) is 4.99 Å². The number of rotatable bonds is 6. The van der Waals surface area contributed by atoms with Crippen LogP contribution in [0.1, 0.15) is 38.3 Å². The van der Waals surface area contributed by atoms with E-state index in [9.17, 15) is 0 Å². The van der Waals surface area contributed by atoms with Gasteiger partial charge in [0.15, 0.2) is 5.96 Å². The van der Waals surface area contributed by atoms with Gasteiger partial charge in [-0.2, -0.15) is 0 Å². The van der Waals surface area contributed by atoms with E-state index in [0.717, 1.165) is 32.6 Å². The Morgan fingerprint density at radius 2 is 1.88 bits per heavy atom. The first kappa shape index (κ1) is 21.2. The van der Waals surface area contributed by atoms with E-state index in [1.54, 1.807) is 0 Å². The fraction of sp³-hybridized carbons (Fsp3) is 0.611. The molecule has 136 valence electrons. The van der Waals surface area contributed by atoms with E-state index in [4.69, 9.17) is 10.5 Å². The summed E-state index contributed by atoms with van der Waals surface area (Å²) >= 11 is 0. The number of ether oxygens (including phenoxy) is 1. The van der Waals surface area contributed by atoms with E-state index in [1.165, 1.54) is 11.1 Å². The Morgan fingerprint density at radius 1 is 1.25 bits per heavy atom. The number of guanidine groups is 1. The molecule has 24 heavy (non-hydrogen) atoms. The van der Waals surface area contributed by atoms with Gasteiger partial charge >= 0.3 is 0 Å². The minimum Gasteiger partial charge on any atom is -0.373 e. The normalized spacial score (nSPS) is 22.0. The highest BCUT2D eigenvalue weighted by Gasteiger charge is 2.22. The summed E-state index contributed by atoms with van der Waals surface area (Å²) in [5, 5.41) is 3.12. The fourth-order valence-corrected chi connectivity index (χ4v) is 3.00. The van der Waals surface area contributed by atoms with Crippen LogP contribution in [-0.2, 0) is 17.8 Å². The maximum absolute atomic E-state index is 5.89. The summed E-state index contributed by atoms with van der Waals surface area (Å²) < 4.78 is 5.81. The van der Waals surface area contributed by atoms with Gasteiger partial charge in [-0.3, -0.25) is 4.90 Å². The SMILES string of the molecule is CCCNC(N)=NCc1ccccc1CN1CC(C)OC(C)C1.I. The third-order valence-corrected chi connectivity index (χ3v) is 3.98. The van der Waals surface area contributed by atoms with Crippen molar-refractivity contribution in [3.8, 4) is 0 Å². The molecule has 2 unspecified atom stereocenters. The molecule has 1 aromatic carbocycles. The third-order valence-electron chi connectivity index (χ3n) is 3.98. The highest BCUT2D eigenvalue weighted by Crippen LogP contribution is 2.17. The van der Waals surface area contributed by atoms with Crippen molar-refractivity contribution in [3.63, 3.8) is 0 Å². The molecular weight excluding hydrogens is 415 g/mol. The van der Waals surface area contributed by atoms with Gasteiger partial charge in [0.05, 0.1) is 18.8 Å². The summed E-state index contributed by atoms with van der Waals surface area (Å²) in [6.07, 6.45) is 1.62. The Hall–Kier alpha value is -0.860. The Labute approximate surface area is 163 Å². The van der Waals surface area contributed by atoms with E-state index < -0.39 is 0 Å². The van der Waals surface area contributed by atoms with Gasteiger partial charge < -0.3 is 15.8 Å². The first-order valence-corrected chi connectivity index (χ1v) is 8.56. The lowest BCUT2D eigenvalue weighted by atomic mass is 10.1. The number of nitrogens with zero attached hydrogens (tertiary/aromatic N) is 2. The van der Waals surface area contributed by atoms with Crippen molar-refractivity contribution in [1.82, 2.24) is 10.2 Å². The van der Waals surface area contributed by atoms with E-state index >= 15 is 0 Å². The third kappa shape index (κ3) is 6.94. The van der Waals surface area contributed by atoms with Crippen LogP contribution in [-0.4, -0.2) is 42.7 Å². The summed E-state index contributed by atoms with van der Waals surface area (Å²) in [6.45, 7) is 10.8. The van der Waals surface area contributed by atoms with E-state index in [1.807, 2.05) is 0 Å². The summed E-state index contributed by atoms with van der Waals surface area (Å²) in [5.74, 6) is 0.523. The molecule has 0 aliphatic carbocycles. The standard InChI is InChI=1S/C18H30N4O.HI/c1-4-9-20-18(19)21-10-16-7-5-6-8-17(16)13-22-11-14(2)23-15(3)12-22;/h5-8,14-15H,4,9-13H2,1-3H3,(H3,19,20,21);1H. The van der Waals surface area contributed by atoms with E-state index in [-0.39, 0.29) is 36.2 Å². The number of nitrogens with two attached hydrogens (primary N) is 1. The molecule has 0 bridgehead atoms. The molecule has 1 fully saturated rings. The zero-order valence-corrected chi connectivity index (χ0v) is 17.3. The Balaban J connectivity index is 0.00000288. The van der Waals surface area contributed by atoms with Crippen molar-refractivity contribution in [2.24, 2.45) is 10.7 Å². The van der Waals surface area contributed by atoms with Gasteiger partial charge in [-0.15, -0.1) is 24.0 Å². The average molecular weight is 446 g/mol. The van der Waals surface area contributed by atoms with Gasteiger partial charge in [0, 0.05) is 26.2 Å². The molecular formula is C18H31IN4O. The van der Waals surface area contributed by atoms with Crippen molar-refractivity contribution in [1.29, 1.82) is 0 Å². The molecule has 1 aromatic rings. The van der Waals surface area contributed by atoms with E-state index in [0.29, 0.717) is 12.5 Å². The Kier molecular flexibility index (Phi) is 9.61. The molecule has 0 radical (unpaired) electrons. The number of aliphatic imine (C=N–C) groups is 1. The molecule has 3 N–H and O–H groups in total. The van der Waals surface area contributed by atoms with Crippen LogP contribution in [0.2, 0.25) is 0 Å². The number of nitrogens with one attached hydrogen (secondary N) is 1. The molecule has 0 saturated carbocycles. The van der Waals surface area contributed by atoms with Crippen LogP contribution in [0.15, 0.2) is 29.3 Å². The molecule has 1 aliphatic heterocycles. The van der Waals surface area contributed by atoms with Crippen LogP contribution < -0.4 is 11.1 Å². The van der Waals surface area contributed by atoms with Gasteiger partial charge in [-0.05, 0) is 31.4 Å². The summed E-state index contributed by atoms with van der Waals surface area (Å²) in [7, 11) is 0. The highest BCUT2D eigenvalue weighted by atomic mass is 127. The highest BCUT2D eigenvalue weighted by molar-refractivity contribution is 14.0. The van der Waals surface area contributed by atoms with Crippen molar-refractivity contribution in [2.75, 3.05) is 19.6 Å². The van der Waals surface area contributed by atoms with Crippen LogP contribution in [0.25, 0.3) is 0 Å². The Morgan fingerprint density at radius 3 is 2.50 bits per heavy atom. The van der Waals surface area contributed by atoms with Crippen molar-refractivity contribution >= 4 is 29.9 Å². The number of benzene rings is 1. The second-order valence-electron chi connectivity index (χ2n) is 6.35. The molecule has 0 aromatic heterocycles. The molecule has 5 nitrogen and oxygen atoms in total. The molecule has 2 atom stereocenters. The number of hydrogen-bond acceptors (Lipinski definition) is 3. The number of halogens is 1. The van der Waals surface area contributed by atoms with Crippen LogP contribution in [0.5, 0.6) is 0 Å². The topological polar surface area (TPSA) is 62.9 Å². The predicted octanol–water partition coefficient (Wildman–Crippen LogP) is 2.73. The van der Waals surface area contributed by atoms with Crippen LogP contribution in [0, 0.1) is 0 Å². The second kappa shape index (κ2) is 10.9. The molecule has 6 heteroatoms. The van der Waals surface area contributed by atoms with Gasteiger partial charge in [0.2, 0.25) is 0 Å². The zero-order chi connectivity index (χ0) is 16.7. The van der Waals surface area contributed by atoms with Gasteiger partial charge in [0.1, 0.15) is 0 Å². The molecule has 1 heterocycles. The number of hydrogen-bond donors (Lipinski definition) is 2. The molecule has 1 saturated heterocycles. The van der Waals surface area contributed by atoms with Crippen molar-refractivity contribution in [3.05, 3.63) is 35.4 Å². The van der Waals surface area contributed by atoms with Crippen molar-refractivity contribution in [2.45, 2.75) is 52.5 Å². The maximum Gasteiger partial charge on any atom is 0.188 e. The van der Waals surface area contributed by atoms with E-state index in [2.05, 4.69) is 60.2 Å². The van der Waals surface area contributed by atoms with Crippen LogP contribution in [0.3, 0.4) is 0 Å². The first-order valence-electron chi connectivity index (χ1n) is 8.56. The lowest BCUT2D eigenvalue weighted by Gasteiger charge is -2.35. The second-order valence-corrected chi connectivity index (χ2v) is 6.35. The number of morpholine rings is 1. The molecule has 2 rings (SSSR count). The lowest BCUT2D eigenvalue weighted by Crippen LogP contribution is -2.44. The first-order chi connectivity index (χ1) is 11.1. The zero-order valence-electron chi connectivity index (χ0n) is 15.0. The quantitative estimate of drug-likeness (QED) is 0.401. The van der Waals surface area contributed by atoms with Crippen molar-refractivity contribution < 1.29 is 4.74 Å². The largest absolute Gasteiger partial charge is 0.373 e. The van der Waals surface area contributed by atoms with Gasteiger partial charge in [-0.1, -0.05) is 31.2 Å². The monoisotopic (exact) mass is 446 g/mol. The lowest BCUT2D eigenvalue weighted by molar-refractivity contribution is -0.0705. The fourth-order valence-electron chi connectivity index (χ4n) is 3.00.